The molecular formula is C18H22N6O2S. The van der Waals surface area contributed by atoms with Crippen molar-refractivity contribution in [1.82, 2.24) is 20.3 Å². The van der Waals surface area contributed by atoms with Gasteiger partial charge in [0.15, 0.2) is 0 Å². The molecule has 3 aromatic heterocycles. The topological polar surface area (TPSA) is 112 Å². The molecule has 1 aliphatic heterocycles. The van der Waals surface area contributed by atoms with E-state index < -0.39 is 10.0 Å². The number of rotatable bonds is 5. The fraction of sp³-hybridized carbons (Fsp3) is 0.333. The summed E-state index contributed by atoms with van der Waals surface area (Å²) < 4.78 is 25.6. The van der Waals surface area contributed by atoms with Crippen LogP contribution >= 0.6 is 0 Å². The Hall–Kier alpha value is -2.65. The molecule has 0 aliphatic carbocycles. The summed E-state index contributed by atoms with van der Waals surface area (Å²) in [5, 5.41) is 8.04. The number of fused-ring (bicyclic) bond motifs is 1. The summed E-state index contributed by atoms with van der Waals surface area (Å²) in [6.45, 7) is 1.94. The fourth-order valence-corrected chi connectivity index (χ4v) is 3.95. The number of aromatic nitrogens is 3. The molecule has 0 aromatic carbocycles. The number of nitrogens with zero attached hydrogens (tertiary/aromatic N) is 2. The van der Waals surface area contributed by atoms with Gasteiger partial charge in [-0.05, 0) is 37.6 Å². The average Bonchev–Trinajstić information content (AvgIpc) is 3.11. The molecular weight excluding hydrogens is 364 g/mol. The van der Waals surface area contributed by atoms with Crippen LogP contribution in [0.4, 0.5) is 11.4 Å². The normalized spacial score (nSPS) is 17.7. The molecule has 1 atom stereocenters. The van der Waals surface area contributed by atoms with Crippen LogP contribution in [0.5, 0.6) is 0 Å². The SMILES string of the molecule is CS(=O)(=O)Nc1ccnc(-c2cnc3[nH]ccc3c2N[C@@H]2CCCNC2)c1. The third-order valence-corrected chi connectivity index (χ3v) is 5.18. The van der Waals surface area contributed by atoms with Gasteiger partial charge in [-0.1, -0.05) is 0 Å². The van der Waals surface area contributed by atoms with Crippen molar-refractivity contribution in [1.29, 1.82) is 0 Å². The van der Waals surface area contributed by atoms with Crippen LogP contribution in [0.15, 0.2) is 36.8 Å². The summed E-state index contributed by atoms with van der Waals surface area (Å²) in [7, 11) is -3.36. The van der Waals surface area contributed by atoms with E-state index in [2.05, 4.69) is 30.3 Å². The minimum atomic E-state index is -3.36. The molecule has 4 rings (SSSR count). The van der Waals surface area contributed by atoms with Crippen LogP contribution < -0.4 is 15.4 Å². The summed E-state index contributed by atoms with van der Waals surface area (Å²) >= 11 is 0. The van der Waals surface area contributed by atoms with E-state index in [9.17, 15) is 8.42 Å². The standard InChI is InChI=1S/C18H22N6O2S/c1-27(25,26)24-12-4-7-20-16(9-12)15-11-22-18-14(5-8-21-18)17(15)23-13-3-2-6-19-10-13/h4-5,7-9,11,13,19H,2-3,6,10H2,1H3,(H,20,24)(H2,21,22,23)/t13-/m1/s1. The molecule has 0 saturated carbocycles. The Morgan fingerprint density at radius 2 is 2.15 bits per heavy atom. The number of sulfonamides is 1. The highest BCUT2D eigenvalue weighted by Crippen LogP contribution is 2.34. The number of hydrogen-bond donors (Lipinski definition) is 4. The molecule has 9 heteroatoms. The van der Waals surface area contributed by atoms with Crippen LogP contribution in [0.1, 0.15) is 12.8 Å². The molecule has 4 N–H and O–H groups in total. The van der Waals surface area contributed by atoms with Crippen LogP contribution in [0.25, 0.3) is 22.3 Å². The number of aromatic amines is 1. The summed E-state index contributed by atoms with van der Waals surface area (Å²) in [5.41, 5.74) is 3.73. The van der Waals surface area contributed by atoms with E-state index in [1.54, 1.807) is 24.5 Å². The highest BCUT2D eigenvalue weighted by Gasteiger charge is 2.18. The third-order valence-electron chi connectivity index (χ3n) is 4.57. The number of hydrogen-bond acceptors (Lipinski definition) is 6. The first kappa shape index (κ1) is 17.7. The summed E-state index contributed by atoms with van der Waals surface area (Å²) in [6, 6.07) is 5.66. The Kier molecular flexibility index (Phi) is 4.71. The lowest BCUT2D eigenvalue weighted by Gasteiger charge is -2.26. The zero-order valence-corrected chi connectivity index (χ0v) is 15.8. The third kappa shape index (κ3) is 4.04. The number of nitrogens with one attached hydrogen (secondary N) is 4. The number of pyridine rings is 2. The largest absolute Gasteiger partial charge is 0.380 e. The number of H-pyrrole nitrogens is 1. The smallest absolute Gasteiger partial charge is 0.229 e. The van der Waals surface area contributed by atoms with E-state index >= 15 is 0 Å². The van der Waals surface area contributed by atoms with Gasteiger partial charge in [-0.15, -0.1) is 0 Å². The molecule has 0 radical (unpaired) electrons. The van der Waals surface area contributed by atoms with Gasteiger partial charge in [0.2, 0.25) is 10.0 Å². The van der Waals surface area contributed by atoms with Crippen molar-refractivity contribution >= 4 is 32.4 Å². The Morgan fingerprint density at radius 3 is 2.93 bits per heavy atom. The van der Waals surface area contributed by atoms with Crippen LogP contribution in [0.2, 0.25) is 0 Å². The monoisotopic (exact) mass is 386 g/mol. The summed E-state index contributed by atoms with van der Waals surface area (Å²) in [6.07, 6.45) is 8.56. The minimum absolute atomic E-state index is 0.315. The molecule has 0 unspecified atom stereocenters. The zero-order chi connectivity index (χ0) is 18.9. The fourth-order valence-electron chi connectivity index (χ4n) is 3.39. The van der Waals surface area contributed by atoms with Gasteiger partial charge in [0, 0.05) is 42.1 Å². The maximum Gasteiger partial charge on any atom is 0.229 e. The Balaban J connectivity index is 1.77. The molecule has 142 valence electrons. The van der Waals surface area contributed by atoms with E-state index in [0.717, 1.165) is 54.5 Å². The Bertz CT molecular complexity index is 1060. The molecule has 3 aromatic rings. The second-order valence-corrected chi connectivity index (χ2v) is 8.53. The van der Waals surface area contributed by atoms with Crippen molar-refractivity contribution in [3.05, 3.63) is 36.8 Å². The lowest BCUT2D eigenvalue weighted by atomic mass is 10.0. The summed E-state index contributed by atoms with van der Waals surface area (Å²) in [5.74, 6) is 0. The summed E-state index contributed by atoms with van der Waals surface area (Å²) in [4.78, 5) is 12.1. The Morgan fingerprint density at radius 1 is 1.26 bits per heavy atom. The molecule has 0 spiro atoms. The molecule has 1 aliphatic rings. The van der Waals surface area contributed by atoms with Gasteiger partial charge < -0.3 is 15.6 Å². The number of piperidine rings is 1. The molecule has 0 bridgehead atoms. The highest BCUT2D eigenvalue weighted by atomic mass is 32.2. The van der Waals surface area contributed by atoms with Crippen molar-refractivity contribution in [2.24, 2.45) is 0 Å². The maximum atomic E-state index is 11.6. The predicted octanol–water partition coefficient (Wildman–Crippen LogP) is 2.16. The average molecular weight is 386 g/mol. The van der Waals surface area contributed by atoms with E-state index in [0.29, 0.717) is 17.4 Å². The van der Waals surface area contributed by atoms with Crippen molar-refractivity contribution in [3.63, 3.8) is 0 Å². The van der Waals surface area contributed by atoms with E-state index in [4.69, 9.17) is 0 Å². The lowest BCUT2D eigenvalue weighted by molar-refractivity contribution is 0.480. The maximum absolute atomic E-state index is 11.6. The van der Waals surface area contributed by atoms with Gasteiger partial charge in [0.1, 0.15) is 5.65 Å². The minimum Gasteiger partial charge on any atom is -0.380 e. The van der Waals surface area contributed by atoms with Crippen LogP contribution in [-0.2, 0) is 10.0 Å². The Labute approximate surface area is 157 Å². The second-order valence-electron chi connectivity index (χ2n) is 6.78. The van der Waals surface area contributed by atoms with E-state index in [1.165, 1.54) is 0 Å². The number of anilines is 2. The molecule has 8 nitrogen and oxygen atoms in total. The lowest BCUT2D eigenvalue weighted by Crippen LogP contribution is -2.38. The van der Waals surface area contributed by atoms with Crippen LogP contribution in [0.3, 0.4) is 0 Å². The van der Waals surface area contributed by atoms with Crippen molar-refractivity contribution in [2.75, 3.05) is 29.4 Å². The van der Waals surface area contributed by atoms with Crippen LogP contribution in [0, 0.1) is 0 Å². The van der Waals surface area contributed by atoms with Gasteiger partial charge in [-0.2, -0.15) is 0 Å². The van der Waals surface area contributed by atoms with Gasteiger partial charge in [0.05, 0.1) is 23.3 Å². The molecule has 1 fully saturated rings. The van der Waals surface area contributed by atoms with Gasteiger partial charge in [0.25, 0.3) is 0 Å². The van der Waals surface area contributed by atoms with Gasteiger partial charge >= 0.3 is 0 Å². The first-order valence-corrected chi connectivity index (χ1v) is 10.8. The highest BCUT2D eigenvalue weighted by molar-refractivity contribution is 7.92. The molecule has 0 amide bonds. The first-order valence-electron chi connectivity index (χ1n) is 8.87. The van der Waals surface area contributed by atoms with Crippen LogP contribution in [-0.4, -0.2) is 48.8 Å². The van der Waals surface area contributed by atoms with Crippen molar-refractivity contribution < 1.29 is 8.42 Å². The van der Waals surface area contributed by atoms with E-state index in [1.807, 2.05) is 12.3 Å². The van der Waals surface area contributed by atoms with E-state index in [-0.39, 0.29) is 0 Å². The second kappa shape index (κ2) is 7.16. The first-order chi connectivity index (χ1) is 13.0. The van der Waals surface area contributed by atoms with Crippen molar-refractivity contribution in [3.8, 4) is 11.3 Å². The van der Waals surface area contributed by atoms with Gasteiger partial charge in [-0.25, -0.2) is 13.4 Å². The molecule has 4 heterocycles. The molecule has 27 heavy (non-hydrogen) atoms. The molecule has 1 saturated heterocycles. The van der Waals surface area contributed by atoms with Crippen molar-refractivity contribution in [2.45, 2.75) is 18.9 Å². The zero-order valence-electron chi connectivity index (χ0n) is 15.0. The quantitative estimate of drug-likeness (QED) is 0.535. The predicted molar refractivity (Wildman–Crippen MR) is 107 cm³/mol. The van der Waals surface area contributed by atoms with Gasteiger partial charge in [-0.3, -0.25) is 9.71 Å².